The molecule has 206 valence electrons. The molecule has 1 aliphatic rings. The third-order valence-corrected chi connectivity index (χ3v) is 9.40. The Morgan fingerprint density at radius 1 is 1.15 bits per heavy atom. The number of nitrogens with zero attached hydrogens (tertiary/aromatic N) is 3. The topological polar surface area (TPSA) is 82.3 Å². The number of allylic oxidation sites excluding steroid dienone is 5. The summed E-state index contributed by atoms with van der Waals surface area (Å²) in [6.45, 7) is 12.2. The summed E-state index contributed by atoms with van der Waals surface area (Å²) in [6.07, 6.45) is 16.4. The highest BCUT2D eigenvalue weighted by molar-refractivity contribution is 7.80. The van der Waals surface area contributed by atoms with Crippen molar-refractivity contribution in [2.45, 2.75) is 39.5 Å². The van der Waals surface area contributed by atoms with E-state index in [0.717, 1.165) is 78.4 Å². The van der Waals surface area contributed by atoms with Crippen molar-refractivity contribution in [2.24, 2.45) is 5.92 Å². The molecule has 6 nitrogen and oxygen atoms in total. The normalized spacial score (nSPS) is 14.7. The number of hydrogen-bond donors (Lipinski definition) is 3. The molecule has 3 N–H and O–H groups in total. The third-order valence-electron chi connectivity index (χ3n) is 7.69. The lowest BCUT2D eigenvalue weighted by molar-refractivity contribution is 0.720. The Morgan fingerprint density at radius 2 is 1.98 bits per heavy atom. The van der Waals surface area contributed by atoms with Gasteiger partial charge in [0.25, 0.3) is 0 Å². The van der Waals surface area contributed by atoms with Gasteiger partial charge in [-0.2, -0.15) is 5.10 Å². The Kier molecular flexibility index (Phi) is 7.51. The molecule has 0 bridgehead atoms. The molecule has 0 aromatic carbocycles. The van der Waals surface area contributed by atoms with Gasteiger partial charge in [0.1, 0.15) is 0 Å². The van der Waals surface area contributed by atoms with Crippen molar-refractivity contribution in [1.82, 2.24) is 30.5 Å². The van der Waals surface area contributed by atoms with Crippen LogP contribution in [0.4, 0.5) is 0 Å². The van der Waals surface area contributed by atoms with E-state index >= 15 is 0 Å². The number of thiocarbonyl (C=S) groups is 1. The molecule has 0 saturated heterocycles. The van der Waals surface area contributed by atoms with Crippen molar-refractivity contribution >= 4 is 61.6 Å². The summed E-state index contributed by atoms with van der Waals surface area (Å²) in [7, 11) is 0. The molecule has 6 rings (SSSR count). The third kappa shape index (κ3) is 5.33. The minimum Gasteiger partial charge on any atom is -0.352 e. The summed E-state index contributed by atoms with van der Waals surface area (Å²) in [5.74, 6) is 0.453. The Hall–Kier alpha value is -4.14. The molecular weight excluding hydrogens is 545 g/mol. The van der Waals surface area contributed by atoms with Crippen molar-refractivity contribution in [2.75, 3.05) is 0 Å². The van der Waals surface area contributed by atoms with Crippen LogP contribution in [0.5, 0.6) is 0 Å². The maximum Gasteiger partial charge on any atom is 0.181 e. The maximum absolute atomic E-state index is 5.71. The van der Waals surface area contributed by atoms with E-state index in [1.54, 1.807) is 11.3 Å². The molecule has 5 aromatic rings. The van der Waals surface area contributed by atoms with Crippen LogP contribution >= 0.6 is 23.6 Å². The summed E-state index contributed by atoms with van der Waals surface area (Å²) in [5.41, 5.74) is 8.49. The zero-order valence-corrected chi connectivity index (χ0v) is 24.9. The second-order valence-corrected chi connectivity index (χ2v) is 12.0. The predicted octanol–water partition coefficient (Wildman–Crippen LogP) is 8.84. The molecule has 41 heavy (non-hydrogen) atoms. The molecule has 0 spiro atoms. The lowest BCUT2D eigenvalue weighted by atomic mass is 10.0. The van der Waals surface area contributed by atoms with Gasteiger partial charge in [-0.25, -0.2) is 4.98 Å². The fraction of sp³-hybridized carbons (Fsp3) is 0.212. The summed E-state index contributed by atoms with van der Waals surface area (Å²) >= 11 is 7.44. The Balaban J connectivity index is 1.35. The highest BCUT2D eigenvalue weighted by atomic mass is 32.1. The minimum absolute atomic E-state index is 0.453. The Morgan fingerprint density at radius 3 is 2.71 bits per heavy atom. The van der Waals surface area contributed by atoms with E-state index in [2.05, 4.69) is 80.0 Å². The zero-order chi connectivity index (χ0) is 28.5. The molecule has 1 fully saturated rings. The van der Waals surface area contributed by atoms with Crippen molar-refractivity contribution in [1.29, 1.82) is 0 Å². The average molecular weight is 577 g/mol. The minimum atomic E-state index is 0.453. The van der Waals surface area contributed by atoms with Crippen LogP contribution in [0.2, 0.25) is 0 Å². The maximum atomic E-state index is 5.71. The van der Waals surface area contributed by atoms with Crippen molar-refractivity contribution in [3.05, 3.63) is 90.4 Å². The summed E-state index contributed by atoms with van der Waals surface area (Å²) in [4.78, 5) is 16.0. The molecule has 0 amide bonds. The van der Waals surface area contributed by atoms with Gasteiger partial charge in [-0.05, 0) is 74.3 Å². The van der Waals surface area contributed by atoms with E-state index in [-0.39, 0.29) is 0 Å². The second kappa shape index (κ2) is 11.4. The number of rotatable bonds is 8. The molecule has 1 aliphatic carbocycles. The predicted molar refractivity (Wildman–Crippen MR) is 177 cm³/mol. The van der Waals surface area contributed by atoms with Crippen LogP contribution in [0, 0.1) is 5.92 Å². The number of thiophene rings is 1. The van der Waals surface area contributed by atoms with Crippen LogP contribution in [-0.2, 0) is 0 Å². The Labute approximate surface area is 249 Å². The number of pyridine rings is 2. The summed E-state index contributed by atoms with van der Waals surface area (Å²) in [5, 5.41) is 13.2. The fourth-order valence-electron chi connectivity index (χ4n) is 5.44. The highest BCUT2D eigenvalue weighted by Crippen LogP contribution is 2.37. The zero-order valence-electron chi connectivity index (χ0n) is 23.3. The molecule has 0 radical (unpaired) electrons. The van der Waals surface area contributed by atoms with Gasteiger partial charge in [0.05, 0.1) is 28.1 Å². The second-order valence-electron chi connectivity index (χ2n) is 10.5. The van der Waals surface area contributed by atoms with E-state index in [9.17, 15) is 0 Å². The van der Waals surface area contributed by atoms with Crippen LogP contribution in [0.15, 0.2) is 79.9 Å². The summed E-state index contributed by atoms with van der Waals surface area (Å²) < 4.78 is 0. The monoisotopic (exact) mass is 576 g/mol. The van der Waals surface area contributed by atoms with E-state index in [0.29, 0.717) is 11.6 Å². The first-order chi connectivity index (χ1) is 19.9. The van der Waals surface area contributed by atoms with Gasteiger partial charge < -0.3 is 10.3 Å². The van der Waals surface area contributed by atoms with E-state index in [1.807, 2.05) is 38.5 Å². The van der Waals surface area contributed by atoms with Gasteiger partial charge in [-0.15, -0.1) is 11.3 Å². The van der Waals surface area contributed by atoms with Crippen LogP contribution in [0.3, 0.4) is 0 Å². The number of hydrogen-bond acceptors (Lipinski definition) is 5. The molecule has 1 saturated carbocycles. The molecule has 5 aromatic heterocycles. The van der Waals surface area contributed by atoms with Gasteiger partial charge >= 0.3 is 0 Å². The van der Waals surface area contributed by atoms with Crippen molar-refractivity contribution < 1.29 is 0 Å². The first kappa shape index (κ1) is 27.1. The van der Waals surface area contributed by atoms with Crippen LogP contribution in [0.1, 0.15) is 50.0 Å². The number of nitrogens with one attached hydrogen (secondary N) is 3. The number of aromatic amines is 2. The van der Waals surface area contributed by atoms with E-state index < -0.39 is 0 Å². The lowest BCUT2D eigenvalue weighted by Crippen LogP contribution is -2.26. The van der Waals surface area contributed by atoms with Crippen LogP contribution in [0.25, 0.3) is 54.9 Å². The van der Waals surface area contributed by atoms with E-state index in [4.69, 9.17) is 12.2 Å². The smallest absolute Gasteiger partial charge is 0.181 e. The standard InChI is InChI=1S/C33H32N6S2/c1-5-20(13-23(6-2)36-33(40)21-9-7-8-10-21)22-14-25-31(38-39-32(25)35-16-22)27-15-24-26(17-34-18-28(24)37-27)30-12-11-29(41-30)19(3)4/h5-6,11-18,21,37H,2-3,7-10H2,1,4H3,(H,36,40)(H,35,38,39)/b20-5+,23-13+. The van der Waals surface area contributed by atoms with Crippen molar-refractivity contribution in [3.8, 4) is 21.8 Å². The quantitative estimate of drug-likeness (QED) is 0.127. The average Bonchev–Trinajstić information content (AvgIpc) is 3.79. The van der Waals surface area contributed by atoms with Gasteiger partial charge in [-0.3, -0.25) is 10.1 Å². The molecule has 5 heterocycles. The fourth-order valence-corrected chi connectivity index (χ4v) is 6.75. The first-order valence-electron chi connectivity index (χ1n) is 13.8. The number of fused-ring (bicyclic) bond motifs is 2. The highest BCUT2D eigenvalue weighted by Gasteiger charge is 2.20. The molecule has 8 heteroatoms. The van der Waals surface area contributed by atoms with Gasteiger partial charge in [0.15, 0.2) is 5.65 Å². The SMILES string of the molecule is C=C/C(=C\C(=C/C)c1cnc2n[nH]c(-c3cc4c(-c5ccc(C(=C)C)s5)cncc4[nH]3)c2c1)NC(=S)C1CCCC1. The lowest BCUT2D eigenvalue weighted by Gasteiger charge is -2.15. The van der Waals surface area contributed by atoms with E-state index in [1.165, 1.54) is 17.7 Å². The summed E-state index contributed by atoms with van der Waals surface area (Å²) in [6, 6.07) is 8.55. The molecule has 0 atom stereocenters. The van der Waals surface area contributed by atoms with Gasteiger partial charge in [0, 0.05) is 55.7 Å². The van der Waals surface area contributed by atoms with Gasteiger partial charge in [0.2, 0.25) is 0 Å². The molecule has 0 aliphatic heterocycles. The molecule has 0 unspecified atom stereocenters. The Bertz CT molecular complexity index is 1860. The van der Waals surface area contributed by atoms with Crippen LogP contribution < -0.4 is 5.32 Å². The largest absolute Gasteiger partial charge is 0.352 e. The van der Waals surface area contributed by atoms with Crippen molar-refractivity contribution in [3.63, 3.8) is 0 Å². The molecular formula is C33H32N6S2. The number of aromatic nitrogens is 5. The first-order valence-corrected chi connectivity index (χ1v) is 15.1. The van der Waals surface area contributed by atoms with Crippen LogP contribution in [-0.4, -0.2) is 30.1 Å². The van der Waals surface area contributed by atoms with Gasteiger partial charge in [-0.1, -0.05) is 44.3 Å². The number of H-pyrrole nitrogens is 2.